The Balaban J connectivity index is 1.92. The fourth-order valence-electron chi connectivity index (χ4n) is 3.24. The van der Waals surface area contributed by atoms with E-state index < -0.39 is 0 Å². The van der Waals surface area contributed by atoms with Crippen molar-refractivity contribution in [2.24, 2.45) is 5.92 Å². The maximum Gasteiger partial charge on any atom is 0.0683 e. The van der Waals surface area contributed by atoms with Gasteiger partial charge in [0.1, 0.15) is 0 Å². The minimum atomic E-state index is -0.0128. The van der Waals surface area contributed by atoms with Gasteiger partial charge in [0.15, 0.2) is 0 Å². The summed E-state index contributed by atoms with van der Waals surface area (Å²) in [4.78, 5) is 0. The first-order valence-corrected chi connectivity index (χ1v) is 7.32. The van der Waals surface area contributed by atoms with Crippen molar-refractivity contribution in [2.45, 2.75) is 90.1 Å². The Hall–Kier alpha value is -0.0800. The van der Waals surface area contributed by atoms with E-state index in [2.05, 4.69) is 27.7 Å². The first kappa shape index (κ1) is 13.4. The van der Waals surface area contributed by atoms with Gasteiger partial charge in [0, 0.05) is 5.92 Å². The van der Waals surface area contributed by atoms with E-state index in [0.29, 0.717) is 24.2 Å². The van der Waals surface area contributed by atoms with Gasteiger partial charge in [-0.1, -0.05) is 6.42 Å². The van der Waals surface area contributed by atoms with Crippen molar-refractivity contribution in [3.8, 4) is 0 Å². The van der Waals surface area contributed by atoms with Gasteiger partial charge in [0.2, 0.25) is 0 Å². The van der Waals surface area contributed by atoms with Gasteiger partial charge < -0.3 is 9.47 Å². The third-order valence-electron chi connectivity index (χ3n) is 4.32. The second kappa shape index (κ2) is 5.27. The van der Waals surface area contributed by atoms with Crippen molar-refractivity contribution < 1.29 is 9.47 Å². The second-order valence-electron chi connectivity index (χ2n) is 6.53. The van der Waals surface area contributed by atoms with Gasteiger partial charge in [-0.25, -0.2) is 0 Å². The first-order valence-electron chi connectivity index (χ1n) is 7.32. The molecule has 17 heavy (non-hydrogen) atoms. The van der Waals surface area contributed by atoms with Crippen molar-refractivity contribution in [3.05, 3.63) is 0 Å². The van der Waals surface area contributed by atoms with Crippen LogP contribution in [0.5, 0.6) is 0 Å². The molecule has 0 aromatic heterocycles. The van der Waals surface area contributed by atoms with Crippen LogP contribution in [-0.4, -0.2) is 23.9 Å². The largest absolute Gasteiger partial charge is 0.375 e. The normalized spacial score (nSPS) is 30.9. The Bertz CT molecular complexity index is 243. The Labute approximate surface area is 106 Å². The summed E-state index contributed by atoms with van der Waals surface area (Å²) in [5.74, 6) is 0.575. The van der Waals surface area contributed by atoms with Crippen LogP contribution in [0.25, 0.3) is 0 Å². The number of hydrogen-bond donors (Lipinski definition) is 0. The fourth-order valence-corrected chi connectivity index (χ4v) is 3.24. The third-order valence-corrected chi connectivity index (χ3v) is 4.32. The lowest BCUT2D eigenvalue weighted by Crippen LogP contribution is -2.44. The highest BCUT2D eigenvalue weighted by Crippen LogP contribution is 2.41. The summed E-state index contributed by atoms with van der Waals surface area (Å²) in [6.45, 7) is 8.79. The molecule has 2 aliphatic rings. The topological polar surface area (TPSA) is 18.5 Å². The summed E-state index contributed by atoms with van der Waals surface area (Å²) in [5, 5.41) is 0. The van der Waals surface area contributed by atoms with Crippen LogP contribution in [0.2, 0.25) is 0 Å². The molecule has 2 saturated carbocycles. The molecule has 0 spiro atoms. The smallest absolute Gasteiger partial charge is 0.0683 e. The van der Waals surface area contributed by atoms with Crippen molar-refractivity contribution in [2.75, 3.05) is 0 Å². The van der Waals surface area contributed by atoms with E-state index in [0.717, 1.165) is 0 Å². The molecule has 2 fully saturated rings. The molecule has 2 aliphatic carbocycles. The van der Waals surface area contributed by atoms with Crippen LogP contribution in [0, 0.1) is 5.92 Å². The van der Waals surface area contributed by atoms with Gasteiger partial charge in [-0.15, -0.1) is 0 Å². The predicted octanol–water partition coefficient (Wildman–Crippen LogP) is 3.93. The van der Waals surface area contributed by atoms with E-state index in [9.17, 15) is 0 Å². The van der Waals surface area contributed by atoms with Crippen LogP contribution >= 0.6 is 0 Å². The molecular weight excluding hydrogens is 212 g/mol. The maximum atomic E-state index is 6.29. The average molecular weight is 240 g/mol. The Morgan fingerprint density at radius 1 is 1.00 bits per heavy atom. The Kier molecular flexibility index (Phi) is 4.14. The molecule has 0 amide bonds. The van der Waals surface area contributed by atoms with Crippen molar-refractivity contribution >= 4 is 0 Å². The predicted molar refractivity (Wildman–Crippen MR) is 70.2 cm³/mol. The summed E-state index contributed by atoms with van der Waals surface area (Å²) in [6.07, 6.45) is 8.88. The molecule has 0 heterocycles. The van der Waals surface area contributed by atoms with Gasteiger partial charge >= 0.3 is 0 Å². The summed E-state index contributed by atoms with van der Waals surface area (Å²) in [7, 11) is 0. The zero-order chi connectivity index (χ0) is 12.5. The van der Waals surface area contributed by atoms with Crippen LogP contribution in [0.4, 0.5) is 0 Å². The van der Waals surface area contributed by atoms with Crippen LogP contribution in [0.1, 0.15) is 66.2 Å². The van der Waals surface area contributed by atoms with Gasteiger partial charge in [-0.3, -0.25) is 0 Å². The summed E-state index contributed by atoms with van der Waals surface area (Å²) < 4.78 is 12.4. The highest BCUT2D eigenvalue weighted by Gasteiger charge is 2.42. The molecule has 0 bridgehead atoms. The molecule has 0 aromatic carbocycles. The molecule has 2 rings (SSSR count). The van der Waals surface area contributed by atoms with Gasteiger partial charge in [-0.05, 0) is 59.8 Å². The van der Waals surface area contributed by atoms with Crippen LogP contribution in [0.3, 0.4) is 0 Å². The summed E-state index contributed by atoms with van der Waals surface area (Å²) in [6, 6.07) is 0. The quantitative estimate of drug-likeness (QED) is 0.725. The monoisotopic (exact) mass is 240 g/mol. The molecule has 2 nitrogen and oxygen atoms in total. The van der Waals surface area contributed by atoms with Crippen LogP contribution in [-0.2, 0) is 9.47 Å². The maximum absolute atomic E-state index is 6.29. The highest BCUT2D eigenvalue weighted by atomic mass is 16.5. The summed E-state index contributed by atoms with van der Waals surface area (Å²) in [5.41, 5.74) is -0.0128. The average Bonchev–Trinajstić information content (AvgIpc) is 2.59. The van der Waals surface area contributed by atoms with E-state index in [4.69, 9.17) is 9.47 Å². The highest BCUT2D eigenvalue weighted by molar-refractivity contribution is 4.92. The minimum Gasteiger partial charge on any atom is -0.375 e. The van der Waals surface area contributed by atoms with Gasteiger partial charge in [0.25, 0.3) is 0 Å². The lowest BCUT2D eigenvalue weighted by atomic mass is 9.86. The molecule has 0 aliphatic heterocycles. The molecule has 2 atom stereocenters. The Morgan fingerprint density at radius 2 is 1.65 bits per heavy atom. The van der Waals surface area contributed by atoms with Gasteiger partial charge in [-0.2, -0.15) is 0 Å². The van der Waals surface area contributed by atoms with Crippen molar-refractivity contribution in [3.63, 3.8) is 0 Å². The molecule has 0 radical (unpaired) electrons. The molecule has 0 N–H and O–H groups in total. The van der Waals surface area contributed by atoms with E-state index in [1.165, 1.54) is 38.5 Å². The number of ether oxygens (including phenoxy) is 2. The minimum absolute atomic E-state index is 0.0128. The molecular formula is C15H28O2. The molecule has 2 unspecified atom stereocenters. The Morgan fingerprint density at radius 3 is 2.18 bits per heavy atom. The van der Waals surface area contributed by atoms with Crippen LogP contribution in [0.15, 0.2) is 0 Å². The number of hydrogen-bond acceptors (Lipinski definition) is 2. The lowest BCUT2D eigenvalue weighted by Gasteiger charge is -2.41. The zero-order valence-corrected chi connectivity index (χ0v) is 11.9. The molecule has 100 valence electrons. The molecule has 0 saturated heterocycles. The summed E-state index contributed by atoms with van der Waals surface area (Å²) >= 11 is 0. The van der Waals surface area contributed by atoms with Crippen molar-refractivity contribution in [1.82, 2.24) is 0 Å². The van der Waals surface area contributed by atoms with E-state index in [-0.39, 0.29) is 5.60 Å². The second-order valence-corrected chi connectivity index (χ2v) is 6.53. The van der Waals surface area contributed by atoms with E-state index in [1.54, 1.807) is 0 Å². The van der Waals surface area contributed by atoms with Gasteiger partial charge in [0.05, 0.1) is 23.9 Å². The first-order chi connectivity index (χ1) is 7.99. The fraction of sp³-hybridized carbons (Fsp3) is 1.00. The third kappa shape index (κ3) is 3.23. The van der Waals surface area contributed by atoms with Crippen LogP contribution < -0.4 is 0 Å². The standard InChI is InChI=1S/C15H28O2/c1-11(2)16-14-10-6-9-13(14)15(3,4)17-12-7-5-8-12/h11-14H,5-10H2,1-4H3. The van der Waals surface area contributed by atoms with E-state index >= 15 is 0 Å². The SMILES string of the molecule is CC(C)OC1CCCC1C(C)(C)OC1CCC1. The zero-order valence-electron chi connectivity index (χ0n) is 11.9. The molecule has 0 aromatic rings. The van der Waals surface area contributed by atoms with Crippen molar-refractivity contribution in [1.29, 1.82) is 0 Å². The molecule has 2 heteroatoms. The lowest BCUT2D eigenvalue weighted by molar-refractivity contribution is -0.158. The van der Waals surface area contributed by atoms with E-state index in [1.807, 2.05) is 0 Å². The number of rotatable bonds is 5.